The number of fused-ring (bicyclic) bond motifs is 1. The zero-order valence-electron chi connectivity index (χ0n) is 14.0. The first-order chi connectivity index (χ1) is 12.0. The minimum absolute atomic E-state index is 0.0511. The van der Waals surface area contributed by atoms with E-state index in [1.165, 1.54) is 4.90 Å². The predicted octanol–water partition coefficient (Wildman–Crippen LogP) is 0.730. The fourth-order valence-electron chi connectivity index (χ4n) is 2.98. The number of carboxylic acids is 1. The molecule has 132 valence electrons. The Hall–Kier alpha value is -2.90. The number of aliphatic carboxylic acids is 1. The highest BCUT2D eigenvalue weighted by Gasteiger charge is 2.28. The molecule has 0 aromatic carbocycles. The van der Waals surface area contributed by atoms with Crippen LogP contribution in [0.1, 0.15) is 23.3 Å². The van der Waals surface area contributed by atoms with Gasteiger partial charge in [0.15, 0.2) is 0 Å². The number of carbonyl (C=O) groups excluding carboxylic acids is 2. The molecule has 0 radical (unpaired) electrons. The second-order valence-electron chi connectivity index (χ2n) is 6.25. The van der Waals surface area contributed by atoms with Gasteiger partial charge in [-0.15, -0.1) is 0 Å². The molecular formula is C17H20N4O4. The number of aromatic nitrogens is 2. The number of likely N-dealkylation sites (tertiary alicyclic amines) is 1. The highest BCUT2D eigenvalue weighted by molar-refractivity contribution is 5.95. The number of imidazole rings is 1. The van der Waals surface area contributed by atoms with E-state index in [0.29, 0.717) is 31.6 Å². The lowest BCUT2D eigenvalue weighted by Crippen LogP contribution is -2.45. The molecule has 0 spiro atoms. The number of carboxylic acid groups (broad SMARTS) is 1. The van der Waals surface area contributed by atoms with Gasteiger partial charge >= 0.3 is 5.97 Å². The summed E-state index contributed by atoms with van der Waals surface area (Å²) >= 11 is 0. The van der Waals surface area contributed by atoms with Gasteiger partial charge in [-0.1, -0.05) is 6.07 Å². The average molecular weight is 344 g/mol. The first-order valence-corrected chi connectivity index (χ1v) is 8.15. The highest BCUT2D eigenvalue weighted by atomic mass is 16.4. The summed E-state index contributed by atoms with van der Waals surface area (Å²) < 4.78 is 1.75. The van der Waals surface area contributed by atoms with Gasteiger partial charge in [-0.3, -0.25) is 14.4 Å². The van der Waals surface area contributed by atoms with E-state index in [2.05, 4.69) is 4.98 Å². The van der Waals surface area contributed by atoms with Crippen molar-refractivity contribution in [1.82, 2.24) is 19.2 Å². The largest absolute Gasteiger partial charge is 0.481 e. The molecule has 25 heavy (non-hydrogen) atoms. The Balaban J connectivity index is 1.59. The summed E-state index contributed by atoms with van der Waals surface area (Å²) in [7, 11) is 1.56. The molecule has 0 bridgehead atoms. The standard InChI is InChI=1S/C17H20N4O4/c1-19(11-15(22)20-8-5-12(6-9-20)17(24)25)16(23)13-10-21-7-3-2-4-14(21)18-13/h2-4,7,10,12H,5-6,8-9,11H2,1H3,(H,24,25). The Labute approximate surface area is 144 Å². The molecule has 1 fully saturated rings. The maximum atomic E-state index is 12.5. The molecule has 8 nitrogen and oxygen atoms in total. The van der Waals surface area contributed by atoms with E-state index in [1.54, 1.807) is 34.8 Å². The number of nitrogens with zero attached hydrogens (tertiary/aromatic N) is 4. The van der Waals surface area contributed by atoms with Crippen LogP contribution in [-0.2, 0) is 9.59 Å². The van der Waals surface area contributed by atoms with Gasteiger partial charge in [0.05, 0.1) is 12.5 Å². The van der Waals surface area contributed by atoms with Gasteiger partial charge in [-0.25, -0.2) is 4.98 Å². The predicted molar refractivity (Wildman–Crippen MR) is 89.1 cm³/mol. The van der Waals surface area contributed by atoms with Crippen molar-refractivity contribution in [1.29, 1.82) is 0 Å². The fraction of sp³-hybridized carbons (Fsp3) is 0.412. The molecule has 0 saturated carbocycles. The summed E-state index contributed by atoms with van der Waals surface area (Å²) in [6.07, 6.45) is 4.34. The van der Waals surface area contributed by atoms with Crippen LogP contribution in [-0.4, -0.2) is 68.8 Å². The van der Waals surface area contributed by atoms with E-state index in [1.807, 2.05) is 12.1 Å². The van der Waals surface area contributed by atoms with Crippen LogP contribution in [0.25, 0.3) is 5.65 Å². The normalized spacial score (nSPS) is 15.3. The minimum atomic E-state index is -0.814. The second-order valence-corrected chi connectivity index (χ2v) is 6.25. The number of hydrogen-bond donors (Lipinski definition) is 1. The number of likely N-dealkylation sites (N-methyl/N-ethyl adjacent to an activating group) is 1. The number of amides is 2. The van der Waals surface area contributed by atoms with Crippen LogP contribution in [0.3, 0.4) is 0 Å². The molecule has 0 unspecified atom stereocenters. The van der Waals surface area contributed by atoms with Gasteiger partial charge in [0.25, 0.3) is 5.91 Å². The Morgan fingerprint density at radius 2 is 2.00 bits per heavy atom. The van der Waals surface area contributed by atoms with Gasteiger partial charge in [-0.2, -0.15) is 0 Å². The van der Waals surface area contributed by atoms with Crippen LogP contribution in [0.2, 0.25) is 0 Å². The maximum absolute atomic E-state index is 12.5. The molecule has 1 N–H and O–H groups in total. The zero-order valence-corrected chi connectivity index (χ0v) is 14.0. The zero-order chi connectivity index (χ0) is 18.0. The maximum Gasteiger partial charge on any atom is 0.306 e. The summed E-state index contributed by atoms with van der Waals surface area (Å²) in [6.45, 7) is 0.767. The van der Waals surface area contributed by atoms with Crippen LogP contribution in [0, 0.1) is 5.92 Å². The molecule has 2 aromatic rings. The van der Waals surface area contributed by atoms with Crippen molar-refractivity contribution in [2.45, 2.75) is 12.8 Å². The third-order valence-corrected chi connectivity index (χ3v) is 4.50. The van der Waals surface area contributed by atoms with Crippen molar-refractivity contribution in [3.05, 3.63) is 36.3 Å². The Bertz CT molecular complexity index is 775. The van der Waals surface area contributed by atoms with Gasteiger partial charge in [0, 0.05) is 32.5 Å². The van der Waals surface area contributed by atoms with E-state index in [0.717, 1.165) is 0 Å². The molecule has 2 amide bonds. The summed E-state index contributed by atoms with van der Waals surface area (Å²) in [6, 6.07) is 5.48. The number of piperidine rings is 1. The van der Waals surface area contributed by atoms with Gasteiger partial charge in [-0.05, 0) is 25.0 Å². The van der Waals surface area contributed by atoms with Crippen LogP contribution >= 0.6 is 0 Å². The Morgan fingerprint density at radius 3 is 2.64 bits per heavy atom. The molecule has 2 aromatic heterocycles. The number of rotatable bonds is 4. The van der Waals surface area contributed by atoms with E-state index in [4.69, 9.17) is 5.11 Å². The lowest BCUT2D eigenvalue weighted by Gasteiger charge is -2.31. The van der Waals surface area contributed by atoms with E-state index >= 15 is 0 Å². The summed E-state index contributed by atoms with van der Waals surface area (Å²) in [5.41, 5.74) is 0.951. The van der Waals surface area contributed by atoms with Crippen LogP contribution in [0.5, 0.6) is 0 Å². The fourth-order valence-corrected chi connectivity index (χ4v) is 2.98. The summed E-state index contributed by atoms with van der Waals surface area (Å²) in [5, 5.41) is 9.00. The van der Waals surface area contributed by atoms with Crippen molar-refractivity contribution in [2.75, 3.05) is 26.7 Å². The molecule has 1 saturated heterocycles. The minimum Gasteiger partial charge on any atom is -0.481 e. The van der Waals surface area contributed by atoms with Crippen molar-refractivity contribution < 1.29 is 19.5 Å². The molecule has 3 rings (SSSR count). The lowest BCUT2D eigenvalue weighted by molar-refractivity contribution is -0.145. The van der Waals surface area contributed by atoms with Crippen molar-refractivity contribution in [3.8, 4) is 0 Å². The van der Waals surface area contributed by atoms with Crippen LogP contribution < -0.4 is 0 Å². The molecule has 3 heterocycles. The van der Waals surface area contributed by atoms with Crippen molar-refractivity contribution in [2.24, 2.45) is 5.92 Å². The quantitative estimate of drug-likeness (QED) is 0.882. The highest BCUT2D eigenvalue weighted by Crippen LogP contribution is 2.17. The molecule has 0 aliphatic carbocycles. The SMILES string of the molecule is CN(CC(=O)N1CCC(C(=O)O)CC1)C(=O)c1cn2ccccc2n1. The number of pyridine rings is 1. The van der Waals surface area contributed by atoms with Crippen LogP contribution in [0.4, 0.5) is 0 Å². The monoisotopic (exact) mass is 344 g/mol. The Morgan fingerprint density at radius 1 is 1.28 bits per heavy atom. The summed E-state index contributed by atoms with van der Waals surface area (Å²) in [4.78, 5) is 43.0. The van der Waals surface area contributed by atoms with Gasteiger partial charge in [0.2, 0.25) is 5.91 Å². The first-order valence-electron chi connectivity index (χ1n) is 8.15. The average Bonchev–Trinajstić information content (AvgIpc) is 3.05. The van der Waals surface area contributed by atoms with Gasteiger partial charge in [0.1, 0.15) is 11.3 Å². The first kappa shape index (κ1) is 16.9. The topological polar surface area (TPSA) is 95.2 Å². The molecule has 8 heteroatoms. The van der Waals surface area contributed by atoms with Crippen LogP contribution in [0.15, 0.2) is 30.6 Å². The van der Waals surface area contributed by atoms with Crippen molar-refractivity contribution >= 4 is 23.4 Å². The molecular weight excluding hydrogens is 324 g/mol. The van der Waals surface area contributed by atoms with E-state index in [-0.39, 0.29) is 30.0 Å². The third-order valence-electron chi connectivity index (χ3n) is 4.50. The molecule has 0 atom stereocenters. The number of hydrogen-bond acceptors (Lipinski definition) is 4. The molecule has 1 aliphatic heterocycles. The van der Waals surface area contributed by atoms with E-state index in [9.17, 15) is 14.4 Å². The smallest absolute Gasteiger partial charge is 0.306 e. The summed E-state index contributed by atoms with van der Waals surface area (Å²) in [5.74, 6) is -1.70. The molecule has 1 aliphatic rings. The Kier molecular flexibility index (Phi) is 4.69. The van der Waals surface area contributed by atoms with E-state index < -0.39 is 5.97 Å². The van der Waals surface area contributed by atoms with Crippen molar-refractivity contribution in [3.63, 3.8) is 0 Å². The lowest BCUT2D eigenvalue weighted by atomic mass is 9.97. The van der Waals surface area contributed by atoms with Gasteiger partial charge < -0.3 is 19.3 Å². The number of carbonyl (C=O) groups is 3. The second kappa shape index (κ2) is 6.92. The third kappa shape index (κ3) is 3.62.